The van der Waals surface area contributed by atoms with Gasteiger partial charge in [0.15, 0.2) is 5.82 Å². The Morgan fingerprint density at radius 2 is 1.78 bits per heavy atom. The highest BCUT2D eigenvalue weighted by Gasteiger charge is 2.18. The number of fused-ring (bicyclic) bond motifs is 1. The van der Waals surface area contributed by atoms with Crippen LogP contribution in [-0.4, -0.2) is 16.9 Å². The third-order valence-electron chi connectivity index (χ3n) is 4.66. The van der Waals surface area contributed by atoms with E-state index >= 15 is 0 Å². The molecule has 136 valence electrons. The lowest BCUT2D eigenvalue weighted by Gasteiger charge is -2.12. The molecular formula is C22H18F2N2O. The molecular weight excluding hydrogens is 346 g/mol. The second-order valence-corrected chi connectivity index (χ2v) is 6.45. The number of halogens is 2. The van der Waals surface area contributed by atoms with Crippen LogP contribution in [0.4, 0.5) is 8.78 Å². The zero-order valence-corrected chi connectivity index (χ0v) is 15.0. The van der Waals surface area contributed by atoms with Crippen molar-refractivity contribution in [3.63, 3.8) is 0 Å². The average molecular weight is 364 g/mol. The van der Waals surface area contributed by atoms with E-state index in [2.05, 4.69) is 5.10 Å². The van der Waals surface area contributed by atoms with Crippen LogP contribution in [0.1, 0.15) is 11.1 Å². The molecule has 4 aromatic rings. The van der Waals surface area contributed by atoms with Gasteiger partial charge in [-0.05, 0) is 54.4 Å². The lowest BCUT2D eigenvalue weighted by atomic mass is 10.0. The summed E-state index contributed by atoms with van der Waals surface area (Å²) in [4.78, 5) is 0. The Labute approximate surface area is 155 Å². The zero-order chi connectivity index (χ0) is 19.0. The van der Waals surface area contributed by atoms with Crippen molar-refractivity contribution < 1.29 is 13.5 Å². The van der Waals surface area contributed by atoms with Gasteiger partial charge in [-0.1, -0.05) is 24.3 Å². The maximum absolute atomic E-state index is 14.4. The van der Waals surface area contributed by atoms with E-state index in [1.54, 1.807) is 30.0 Å². The number of hydrogen-bond donors (Lipinski definition) is 0. The van der Waals surface area contributed by atoms with Gasteiger partial charge in [0.2, 0.25) is 0 Å². The number of aromatic nitrogens is 2. The molecule has 0 aliphatic rings. The molecule has 0 N–H and O–H groups in total. The molecule has 27 heavy (non-hydrogen) atoms. The normalized spacial score (nSPS) is 11.1. The Morgan fingerprint density at radius 3 is 2.48 bits per heavy atom. The molecule has 4 rings (SSSR count). The second kappa shape index (κ2) is 6.83. The summed E-state index contributed by atoms with van der Waals surface area (Å²) in [5, 5.41) is 5.25. The topological polar surface area (TPSA) is 27.1 Å². The van der Waals surface area contributed by atoms with E-state index in [0.717, 1.165) is 33.5 Å². The summed E-state index contributed by atoms with van der Waals surface area (Å²) in [6, 6.07) is 17.0. The van der Waals surface area contributed by atoms with E-state index in [-0.39, 0.29) is 11.6 Å². The number of benzene rings is 3. The van der Waals surface area contributed by atoms with Gasteiger partial charge in [0.25, 0.3) is 0 Å². The molecule has 0 spiro atoms. The highest BCUT2D eigenvalue weighted by Crippen LogP contribution is 2.34. The molecule has 0 unspecified atom stereocenters. The van der Waals surface area contributed by atoms with Crippen molar-refractivity contribution >= 4 is 10.9 Å². The van der Waals surface area contributed by atoms with E-state index < -0.39 is 0 Å². The van der Waals surface area contributed by atoms with Crippen LogP contribution in [0.2, 0.25) is 0 Å². The number of hydrogen-bond acceptors (Lipinski definition) is 2. The molecule has 5 heteroatoms. The van der Waals surface area contributed by atoms with Crippen molar-refractivity contribution in [1.82, 2.24) is 9.78 Å². The molecule has 0 saturated heterocycles. The van der Waals surface area contributed by atoms with E-state index in [4.69, 9.17) is 4.74 Å². The molecule has 0 amide bonds. The summed E-state index contributed by atoms with van der Waals surface area (Å²) in [6.07, 6.45) is 0. The van der Waals surface area contributed by atoms with Crippen LogP contribution in [0.15, 0.2) is 60.7 Å². The van der Waals surface area contributed by atoms with Crippen LogP contribution in [0.25, 0.3) is 22.2 Å². The zero-order valence-electron chi connectivity index (χ0n) is 15.0. The van der Waals surface area contributed by atoms with Crippen molar-refractivity contribution in [2.75, 3.05) is 7.11 Å². The summed E-state index contributed by atoms with van der Waals surface area (Å²) in [5.74, 6) is 0.107. The van der Waals surface area contributed by atoms with Crippen molar-refractivity contribution in [1.29, 1.82) is 0 Å². The smallest absolute Gasteiger partial charge is 0.151 e. The van der Waals surface area contributed by atoms with Gasteiger partial charge in [-0.25, -0.2) is 8.78 Å². The quantitative estimate of drug-likeness (QED) is 0.488. The van der Waals surface area contributed by atoms with Gasteiger partial charge < -0.3 is 4.74 Å². The third-order valence-corrected chi connectivity index (χ3v) is 4.66. The highest BCUT2D eigenvalue weighted by molar-refractivity contribution is 5.94. The molecule has 0 atom stereocenters. The van der Waals surface area contributed by atoms with Crippen LogP contribution in [0.5, 0.6) is 5.75 Å². The number of ether oxygens (including phenoxy) is 1. The first-order valence-electron chi connectivity index (χ1n) is 8.61. The van der Waals surface area contributed by atoms with Crippen molar-refractivity contribution in [2.24, 2.45) is 0 Å². The molecule has 3 nitrogen and oxygen atoms in total. The predicted molar refractivity (Wildman–Crippen MR) is 102 cm³/mol. The lowest BCUT2D eigenvalue weighted by molar-refractivity contribution is 0.414. The average Bonchev–Trinajstić information content (AvgIpc) is 3.03. The van der Waals surface area contributed by atoms with Crippen LogP contribution in [0.3, 0.4) is 0 Å². The molecule has 0 fully saturated rings. The largest absolute Gasteiger partial charge is 0.497 e. The lowest BCUT2D eigenvalue weighted by Crippen LogP contribution is -2.04. The van der Waals surface area contributed by atoms with E-state index in [1.165, 1.54) is 18.2 Å². The van der Waals surface area contributed by atoms with Crippen LogP contribution >= 0.6 is 0 Å². The van der Waals surface area contributed by atoms with Gasteiger partial charge in [-0.2, -0.15) is 5.10 Å². The molecule has 0 aliphatic carbocycles. The van der Waals surface area contributed by atoms with Crippen LogP contribution in [0, 0.1) is 18.6 Å². The van der Waals surface area contributed by atoms with Gasteiger partial charge in [0.1, 0.15) is 17.1 Å². The summed E-state index contributed by atoms with van der Waals surface area (Å²) in [7, 11) is 1.62. The SMILES string of the molecule is COc1ccc(-c2c3cccc(F)c3nn2Cc2ccc(F)cc2)c(C)c1. The minimum absolute atomic E-state index is 0.290. The molecule has 0 radical (unpaired) electrons. The second-order valence-electron chi connectivity index (χ2n) is 6.45. The maximum Gasteiger partial charge on any atom is 0.151 e. The number of methoxy groups -OCH3 is 1. The first-order valence-corrected chi connectivity index (χ1v) is 8.61. The van der Waals surface area contributed by atoms with Crippen molar-refractivity contribution in [2.45, 2.75) is 13.5 Å². The first kappa shape index (κ1) is 17.2. The Hall–Kier alpha value is -3.21. The van der Waals surface area contributed by atoms with Gasteiger partial charge in [0.05, 0.1) is 19.3 Å². The maximum atomic E-state index is 14.4. The molecule has 1 aromatic heterocycles. The summed E-state index contributed by atoms with van der Waals surface area (Å²) in [6.45, 7) is 2.40. The standard InChI is InChI=1S/C22H18F2N2O/c1-14-12-17(27-2)10-11-18(14)22-19-4-3-5-20(24)21(19)25-26(22)13-15-6-8-16(23)9-7-15/h3-12H,13H2,1-2H3. The highest BCUT2D eigenvalue weighted by atomic mass is 19.1. The number of nitrogens with zero attached hydrogens (tertiary/aromatic N) is 2. The summed E-state index contributed by atoms with van der Waals surface area (Å²) < 4.78 is 34.7. The van der Waals surface area contributed by atoms with E-state index in [1.807, 2.05) is 31.2 Å². The van der Waals surface area contributed by atoms with Gasteiger partial charge in [-0.3, -0.25) is 4.68 Å². The van der Waals surface area contributed by atoms with Crippen LogP contribution < -0.4 is 4.74 Å². The Balaban J connectivity index is 1.92. The molecule has 0 aliphatic heterocycles. The number of rotatable bonds is 4. The molecule has 0 bridgehead atoms. The Morgan fingerprint density at radius 1 is 1.00 bits per heavy atom. The summed E-state index contributed by atoms with van der Waals surface area (Å²) >= 11 is 0. The predicted octanol–water partition coefficient (Wildman–Crippen LogP) is 5.35. The Kier molecular flexibility index (Phi) is 4.36. The fourth-order valence-corrected chi connectivity index (χ4v) is 3.31. The first-order chi connectivity index (χ1) is 13.1. The number of aryl methyl sites for hydroxylation is 1. The third kappa shape index (κ3) is 3.16. The fraction of sp³-hybridized carbons (Fsp3) is 0.136. The molecule has 3 aromatic carbocycles. The summed E-state index contributed by atoms with van der Waals surface area (Å²) in [5.41, 5.74) is 3.99. The van der Waals surface area contributed by atoms with Crippen molar-refractivity contribution in [3.8, 4) is 17.0 Å². The van der Waals surface area contributed by atoms with Crippen molar-refractivity contribution in [3.05, 3.63) is 83.4 Å². The minimum Gasteiger partial charge on any atom is -0.497 e. The molecule has 1 heterocycles. The van der Waals surface area contributed by atoms with Gasteiger partial charge in [0, 0.05) is 10.9 Å². The van der Waals surface area contributed by atoms with E-state index in [9.17, 15) is 8.78 Å². The van der Waals surface area contributed by atoms with Crippen LogP contribution in [-0.2, 0) is 6.54 Å². The monoisotopic (exact) mass is 364 g/mol. The fourth-order valence-electron chi connectivity index (χ4n) is 3.31. The van der Waals surface area contributed by atoms with E-state index in [0.29, 0.717) is 12.1 Å². The van der Waals surface area contributed by atoms with Gasteiger partial charge >= 0.3 is 0 Å². The Bertz CT molecular complexity index is 1120. The van der Waals surface area contributed by atoms with Gasteiger partial charge in [-0.15, -0.1) is 0 Å². The minimum atomic E-state index is -0.363. The molecule has 0 saturated carbocycles.